The second-order valence-electron chi connectivity index (χ2n) is 7.91. The van der Waals surface area contributed by atoms with Crippen LogP contribution in [0.25, 0.3) is 10.2 Å². The van der Waals surface area contributed by atoms with E-state index in [1.165, 1.54) is 23.5 Å². The molecule has 0 spiro atoms. The van der Waals surface area contributed by atoms with Crippen molar-refractivity contribution in [1.82, 2.24) is 9.88 Å². The van der Waals surface area contributed by atoms with Crippen LogP contribution in [0.5, 0.6) is 0 Å². The summed E-state index contributed by atoms with van der Waals surface area (Å²) in [5, 5.41) is 0.139. The predicted molar refractivity (Wildman–Crippen MR) is 147 cm³/mol. The van der Waals surface area contributed by atoms with Crippen LogP contribution in [0, 0.1) is 0 Å². The third-order valence-electron chi connectivity index (χ3n) is 5.65. The van der Waals surface area contributed by atoms with Gasteiger partial charge in [-0.3, -0.25) is 9.69 Å². The molecule has 10 heteroatoms. The van der Waals surface area contributed by atoms with Crippen LogP contribution in [0.15, 0.2) is 52.3 Å². The molecule has 0 saturated heterocycles. The molecule has 0 aliphatic carbocycles. The van der Waals surface area contributed by atoms with Crippen LogP contribution in [-0.4, -0.2) is 61.9 Å². The lowest BCUT2D eigenvalue weighted by atomic mass is 10.2. The average molecular weight is 542 g/mol. The molecule has 0 aliphatic heterocycles. The molecular formula is C24H32ClN3O3S3. The molecule has 0 radical (unpaired) electrons. The molecule has 186 valence electrons. The Hall–Kier alpha value is -1.65. The quantitative estimate of drug-likeness (QED) is 0.311. The number of amides is 1. The molecule has 0 bridgehead atoms. The highest BCUT2D eigenvalue weighted by molar-refractivity contribution is 7.98. The first-order chi connectivity index (χ1) is 15.7. The van der Waals surface area contributed by atoms with Crippen molar-refractivity contribution in [3.8, 4) is 0 Å². The summed E-state index contributed by atoms with van der Waals surface area (Å²) in [7, 11) is -3.39. The first-order valence-corrected chi connectivity index (χ1v) is 14.6. The second kappa shape index (κ2) is 12.4. The van der Waals surface area contributed by atoms with Gasteiger partial charge in [0, 0.05) is 23.5 Å². The molecule has 0 saturated carbocycles. The maximum atomic E-state index is 13.6. The van der Waals surface area contributed by atoms with Crippen molar-refractivity contribution in [1.29, 1.82) is 0 Å². The van der Waals surface area contributed by atoms with E-state index < -0.39 is 15.1 Å². The Bertz CT molecular complexity index is 1210. The zero-order valence-electron chi connectivity index (χ0n) is 20.1. The standard InChI is InChI=1S/C24H31N3O3S3.ClH/c1-6-26(7-2)15-16-27(24-25-22-20(31-5)9-8-10-21(22)32-24)23(28)18-11-13-19(14-12-18)33(29,30)17(3)4;/h8-14,17H,6-7,15-16H2,1-5H3;1H. The van der Waals surface area contributed by atoms with Crippen molar-refractivity contribution in [2.75, 3.05) is 37.3 Å². The lowest BCUT2D eigenvalue weighted by Crippen LogP contribution is -2.38. The van der Waals surface area contributed by atoms with Gasteiger partial charge in [0.05, 0.1) is 20.4 Å². The summed E-state index contributed by atoms with van der Waals surface area (Å²) in [4.78, 5) is 23.7. The molecule has 1 heterocycles. The predicted octanol–water partition coefficient (Wildman–Crippen LogP) is 5.61. The summed E-state index contributed by atoms with van der Waals surface area (Å²) in [5.41, 5.74) is 1.35. The fourth-order valence-corrected chi connectivity index (χ4v) is 6.18. The van der Waals surface area contributed by atoms with E-state index in [0.29, 0.717) is 17.2 Å². The minimum Gasteiger partial charge on any atom is -0.302 e. The summed E-state index contributed by atoms with van der Waals surface area (Å²) in [6.45, 7) is 10.5. The number of likely N-dealkylation sites (N-methyl/N-ethyl adjacent to an activating group) is 1. The van der Waals surface area contributed by atoms with E-state index in [1.54, 1.807) is 42.6 Å². The fraction of sp³-hybridized carbons (Fsp3) is 0.417. The SMILES string of the molecule is CCN(CC)CCN(C(=O)c1ccc(S(=O)(=O)C(C)C)cc1)c1nc2c(SC)cccc2s1.Cl. The number of hydrogen-bond acceptors (Lipinski definition) is 7. The molecule has 0 unspecified atom stereocenters. The molecule has 0 N–H and O–H groups in total. The van der Waals surface area contributed by atoms with Gasteiger partial charge in [-0.05, 0) is 69.6 Å². The van der Waals surface area contributed by atoms with Gasteiger partial charge < -0.3 is 4.90 Å². The Morgan fingerprint density at radius 2 is 1.71 bits per heavy atom. The number of benzene rings is 2. The topological polar surface area (TPSA) is 70.6 Å². The summed E-state index contributed by atoms with van der Waals surface area (Å²) in [5.74, 6) is -0.180. The van der Waals surface area contributed by atoms with Crippen LogP contribution < -0.4 is 4.90 Å². The molecule has 0 fully saturated rings. The van der Waals surface area contributed by atoms with Gasteiger partial charge in [-0.25, -0.2) is 13.4 Å². The molecule has 3 aromatic rings. The third-order valence-corrected chi connectivity index (χ3v) is 9.63. The van der Waals surface area contributed by atoms with E-state index in [1.807, 2.05) is 24.5 Å². The van der Waals surface area contributed by atoms with Gasteiger partial charge in [0.1, 0.15) is 0 Å². The number of thiazole rings is 1. The number of rotatable bonds is 10. The lowest BCUT2D eigenvalue weighted by Gasteiger charge is -2.24. The number of carbonyl (C=O) groups is 1. The van der Waals surface area contributed by atoms with Crippen molar-refractivity contribution in [2.24, 2.45) is 0 Å². The molecule has 3 rings (SSSR count). The summed E-state index contributed by atoms with van der Waals surface area (Å²) in [6, 6.07) is 12.3. The molecule has 2 aromatic carbocycles. The summed E-state index contributed by atoms with van der Waals surface area (Å²) < 4.78 is 26.0. The molecule has 1 aromatic heterocycles. The number of halogens is 1. The Balaban J connectivity index is 0.00000408. The maximum Gasteiger partial charge on any atom is 0.260 e. The van der Waals surface area contributed by atoms with Gasteiger partial charge in [-0.1, -0.05) is 31.3 Å². The number of thioether (sulfide) groups is 1. The summed E-state index contributed by atoms with van der Waals surface area (Å²) in [6.07, 6.45) is 2.02. The number of fused-ring (bicyclic) bond motifs is 1. The van der Waals surface area contributed by atoms with Crippen LogP contribution in [-0.2, 0) is 9.84 Å². The van der Waals surface area contributed by atoms with Crippen molar-refractivity contribution in [2.45, 2.75) is 42.7 Å². The van der Waals surface area contributed by atoms with Crippen molar-refractivity contribution < 1.29 is 13.2 Å². The van der Waals surface area contributed by atoms with Gasteiger partial charge in [-0.15, -0.1) is 24.2 Å². The number of para-hydroxylation sites is 1. The molecule has 0 atom stereocenters. The number of hydrogen-bond donors (Lipinski definition) is 0. The van der Waals surface area contributed by atoms with E-state index in [0.717, 1.165) is 34.7 Å². The van der Waals surface area contributed by atoms with Gasteiger partial charge in [0.2, 0.25) is 0 Å². The Labute approximate surface area is 217 Å². The van der Waals surface area contributed by atoms with Crippen LogP contribution in [0.3, 0.4) is 0 Å². The minimum atomic E-state index is -3.39. The van der Waals surface area contributed by atoms with Gasteiger partial charge in [-0.2, -0.15) is 0 Å². The van der Waals surface area contributed by atoms with Gasteiger partial charge >= 0.3 is 0 Å². The first kappa shape index (κ1) is 28.6. The Kier molecular flexibility index (Phi) is 10.4. The Morgan fingerprint density at radius 3 is 2.26 bits per heavy atom. The average Bonchev–Trinajstić information content (AvgIpc) is 3.25. The van der Waals surface area contributed by atoms with Crippen LogP contribution >= 0.6 is 35.5 Å². The van der Waals surface area contributed by atoms with Crippen LogP contribution in [0.1, 0.15) is 38.1 Å². The van der Waals surface area contributed by atoms with E-state index in [-0.39, 0.29) is 23.2 Å². The van der Waals surface area contributed by atoms with Crippen molar-refractivity contribution in [3.05, 3.63) is 48.0 Å². The molecule has 1 amide bonds. The van der Waals surface area contributed by atoms with Gasteiger partial charge in [0.15, 0.2) is 15.0 Å². The maximum absolute atomic E-state index is 13.6. The number of anilines is 1. The first-order valence-electron chi connectivity index (χ1n) is 11.0. The zero-order chi connectivity index (χ0) is 24.2. The normalized spacial score (nSPS) is 11.7. The number of carbonyl (C=O) groups excluding carboxylic acids is 1. The van der Waals surface area contributed by atoms with Crippen molar-refractivity contribution >= 4 is 66.6 Å². The fourth-order valence-electron chi connectivity index (χ4n) is 3.47. The van der Waals surface area contributed by atoms with E-state index >= 15 is 0 Å². The van der Waals surface area contributed by atoms with E-state index in [9.17, 15) is 13.2 Å². The highest BCUT2D eigenvalue weighted by Crippen LogP contribution is 2.34. The second-order valence-corrected chi connectivity index (χ2v) is 12.3. The third kappa shape index (κ3) is 6.12. The minimum absolute atomic E-state index is 0. The largest absolute Gasteiger partial charge is 0.302 e. The highest BCUT2D eigenvalue weighted by atomic mass is 35.5. The molecular weight excluding hydrogens is 510 g/mol. The van der Waals surface area contributed by atoms with Crippen molar-refractivity contribution in [3.63, 3.8) is 0 Å². The number of aromatic nitrogens is 1. The molecule has 34 heavy (non-hydrogen) atoms. The number of sulfone groups is 1. The monoisotopic (exact) mass is 541 g/mol. The number of nitrogens with zero attached hydrogens (tertiary/aromatic N) is 3. The zero-order valence-corrected chi connectivity index (χ0v) is 23.4. The van der Waals surface area contributed by atoms with Crippen LogP contribution in [0.4, 0.5) is 5.13 Å². The van der Waals surface area contributed by atoms with E-state index in [2.05, 4.69) is 18.7 Å². The molecule has 6 nitrogen and oxygen atoms in total. The highest BCUT2D eigenvalue weighted by Gasteiger charge is 2.24. The smallest absolute Gasteiger partial charge is 0.260 e. The Morgan fingerprint density at radius 1 is 1.06 bits per heavy atom. The lowest BCUT2D eigenvalue weighted by molar-refractivity contribution is 0.0983. The summed E-state index contributed by atoms with van der Waals surface area (Å²) >= 11 is 3.14. The molecule has 0 aliphatic rings. The van der Waals surface area contributed by atoms with Gasteiger partial charge in [0.25, 0.3) is 5.91 Å². The van der Waals surface area contributed by atoms with Crippen LogP contribution in [0.2, 0.25) is 0 Å². The van der Waals surface area contributed by atoms with E-state index in [4.69, 9.17) is 4.98 Å².